The predicted octanol–water partition coefficient (Wildman–Crippen LogP) is 6.52. The number of amides is 1. The number of carbonyl (C=O) groups excluding carboxylic acids is 1. The number of aromatic nitrogens is 1. The number of nitrogens with zero attached hydrogens (tertiary/aromatic N) is 1. The normalized spacial score (nSPS) is 14.1. The third-order valence-electron chi connectivity index (χ3n) is 4.58. The summed E-state index contributed by atoms with van der Waals surface area (Å²) in [5.74, 6) is 0.146. The van der Waals surface area contributed by atoms with E-state index in [9.17, 15) is 4.79 Å². The van der Waals surface area contributed by atoms with Crippen LogP contribution in [-0.4, -0.2) is 10.9 Å². The van der Waals surface area contributed by atoms with Gasteiger partial charge in [-0.2, -0.15) is 0 Å². The molecule has 3 aromatic rings. The summed E-state index contributed by atoms with van der Waals surface area (Å²) in [6.07, 6.45) is 3.02. The summed E-state index contributed by atoms with van der Waals surface area (Å²) in [5, 5.41) is 4.80. The third kappa shape index (κ3) is 3.37. The van der Waals surface area contributed by atoms with E-state index in [2.05, 4.69) is 10.3 Å². The molecule has 1 heterocycles. The molecule has 0 atom stereocenters. The van der Waals surface area contributed by atoms with Crippen molar-refractivity contribution in [3.05, 3.63) is 58.6 Å². The number of thiazole rings is 1. The first kappa shape index (κ1) is 17.5. The van der Waals surface area contributed by atoms with Crippen LogP contribution in [0.5, 0.6) is 0 Å². The minimum Gasteiger partial charge on any atom is -0.302 e. The molecular weight excluding hydrogens is 387 g/mol. The van der Waals surface area contributed by atoms with Crippen LogP contribution in [0.15, 0.2) is 48.5 Å². The van der Waals surface area contributed by atoms with E-state index in [-0.39, 0.29) is 11.8 Å². The first-order chi connectivity index (χ1) is 12.6. The van der Waals surface area contributed by atoms with Gasteiger partial charge in [-0.05, 0) is 25.0 Å². The SMILES string of the molecule is O=C(Nc1nc(-c2ccccc2Cl)c(-c2ccccc2Cl)s1)C1CCC1. The van der Waals surface area contributed by atoms with Crippen molar-refractivity contribution in [3.8, 4) is 21.7 Å². The van der Waals surface area contributed by atoms with Gasteiger partial charge in [0.15, 0.2) is 5.13 Å². The maximum absolute atomic E-state index is 12.3. The second kappa shape index (κ2) is 7.39. The lowest BCUT2D eigenvalue weighted by atomic mass is 9.85. The Hall–Kier alpha value is -1.88. The summed E-state index contributed by atoms with van der Waals surface area (Å²) >= 11 is 14.2. The molecule has 26 heavy (non-hydrogen) atoms. The number of rotatable bonds is 4. The fraction of sp³-hybridized carbons (Fsp3) is 0.200. The standard InChI is InChI=1S/C20H16Cl2N2OS/c21-15-10-3-1-8-13(15)17-18(14-9-2-4-11-16(14)22)26-20(23-17)24-19(25)12-6-5-7-12/h1-4,8-12H,5-7H2,(H,23,24,25). The second-order valence-corrected chi connectivity index (χ2v) is 8.09. The van der Waals surface area contributed by atoms with Gasteiger partial charge >= 0.3 is 0 Å². The summed E-state index contributed by atoms with van der Waals surface area (Å²) in [6.45, 7) is 0. The van der Waals surface area contributed by atoms with Gasteiger partial charge in [-0.3, -0.25) is 4.79 Å². The summed E-state index contributed by atoms with van der Waals surface area (Å²) < 4.78 is 0. The van der Waals surface area contributed by atoms with Crippen molar-refractivity contribution in [2.24, 2.45) is 5.92 Å². The lowest BCUT2D eigenvalue weighted by molar-refractivity contribution is -0.122. The Morgan fingerprint density at radius 1 is 1.00 bits per heavy atom. The minimum absolute atomic E-state index is 0.0430. The van der Waals surface area contributed by atoms with Crippen LogP contribution in [-0.2, 0) is 4.79 Å². The second-order valence-electron chi connectivity index (χ2n) is 6.27. The Bertz CT molecular complexity index is 903. The van der Waals surface area contributed by atoms with E-state index >= 15 is 0 Å². The van der Waals surface area contributed by atoms with Crippen LogP contribution in [0.4, 0.5) is 5.13 Å². The van der Waals surface area contributed by atoms with E-state index in [0.29, 0.717) is 15.2 Å². The Morgan fingerprint density at radius 3 is 2.19 bits per heavy atom. The molecular formula is C20H16Cl2N2OS. The molecule has 2 aromatic carbocycles. The number of benzene rings is 2. The van der Waals surface area contributed by atoms with Crippen LogP contribution in [0.25, 0.3) is 21.7 Å². The Kier molecular flexibility index (Phi) is 4.98. The molecule has 1 saturated carbocycles. The molecule has 4 rings (SSSR count). The molecule has 1 aromatic heterocycles. The van der Waals surface area contributed by atoms with Gasteiger partial charge in [0, 0.05) is 22.1 Å². The van der Waals surface area contributed by atoms with E-state index in [1.807, 2.05) is 48.5 Å². The zero-order chi connectivity index (χ0) is 18.1. The number of hydrogen-bond acceptors (Lipinski definition) is 3. The van der Waals surface area contributed by atoms with Crippen LogP contribution in [0.2, 0.25) is 10.0 Å². The smallest absolute Gasteiger partial charge is 0.229 e. The van der Waals surface area contributed by atoms with Crippen LogP contribution in [0, 0.1) is 5.92 Å². The predicted molar refractivity (Wildman–Crippen MR) is 109 cm³/mol. The molecule has 1 N–H and O–H groups in total. The van der Waals surface area contributed by atoms with Crippen molar-refractivity contribution in [1.29, 1.82) is 0 Å². The van der Waals surface area contributed by atoms with Crippen LogP contribution < -0.4 is 5.32 Å². The molecule has 0 aliphatic heterocycles. The highest BCUT2D eigenvalue weighted by Crippen LogP contribution is 2.43. The zero-order valence-corrected chi connectivity index (χ0v) is 16.2. The van der Waals surface area contributed by atoms with Crippen LogP contribution in [0.1, 0.15) is 19.3 Å². The van der Waals surface area contributed by atoms with Crippen molar-refractivity contribution >= 4 is 45.6 Å². The van der Waals surface area contributed by atoms with Crippen LogP contribution in [0.3, 0.4) is 0 Å². The van der Waals surface area contributed by atoms with E-state index < -0.39 is 0 Å². The number of hydrogen-bond donors (Lipinski definition) is 1. The first-order valence-corrected chi connectivity index (χ1v) is 10.0. The highest BCUT2D eigenvalue weighted by molar-refractivity contribution is 7.19. The lowest BCUT2D eigenvalue weighted by Gasteiger charge is -2.23. The minimum atomic E-state index is 0.0430. The van der Waals surface area contributed by atoms with E-state index in [0.717, 1.165) is 41.0 Å². The van der Waals surface area contributed by atoms with Gasteiger partial charge in [-0.25, -0.2) is 4.98 Å². The highest BCUT2D eigenvalue weighted by Gasteiger charge is 2.27. The van der Waals surface area contributed by atoms with Crippen LogP contribution >= 0.6 is 34.5 Å². The van der Waals surface area contributed by atoms with Gasteiger partial charge in [-0.1, -0.05) is 77.4 Å². The zero-order valence-electron chi connectivity index (χ0n) is 13.8. The molecule has 1 fully saturated rings. The molecule has 0 spiro atoms. The summed E-state index contributed by atoms with van der Waals surface area (Å²) in [5.41, 5.74) is 2.44. The number of anilines is 1. The highest BCUT2D eigenvalue weighted by atomic mass is 35.5. The number of carbonyl (C=O) groups is 1. The van der Waals surface area contributed by atoms with Crippen molar-refractivity contribution in [1.82, 2.24) is 4.98 Å². The average molecular weight is 403 g/mol. The molecule has 0 saturated heterocycles. The van der Waals surface area contributed by atoms with Gasteiger partial charge in [0.25, 0.3) is 0 Å². The van der Waals surface area contributed by atoms with Crippen molar-refractivity contribution < 1.29 is 4.79 Å². The van der Waals surface area contributed by atoms with Crippen molar-refractivity contribution in [2.75, 3.05) is 5.32 Å². The van der Waals surface area contributed by atoms with Crippen molar-refractivity contribution in [3.63, 3.8) is 0 Å². The molecule has 1 aliphatic carbocycles. The Balaban J connectivity index is 1.79. The maximum atomic E-state index is 12.3. The lowest BCUT2D eigenvalue weighted by Crippen LogP contribution is -2.27. The molecule has 6 heteroatoms. The Morgan fingerprint density at radius 2 is 1.62 bits per heavy atom. The topological polar surface area (TPSA) is 42.0 Å². The molecule has 0 radical (unpaired) electrons. The van der Waals surface area contributed by atoms with Gasteiger partial charge < -0.3 is 5.32 Å². The molecule has 1 amide bonds. The number of nitrogens with one attached hydrogen (secondary N) is 1. The van der Waals surface area contributed by atoms with Gasteiger partial charge in [0.2, 0.25) is 5.91 Å². The van der Waals surface area contributed by atoms with Gasteiger partial charge in [0.05, 0.1) is 15.6 Å². The molecule has 0 unspecified atom stereocenters. The maximum Gasteiger partial charge on any atom is 0.229 e. The molecule has 0 bridgehead atoms. The summed E-state index contributed by atoms with van der Waals surface area (Å²) in [7, 11) is 0. The summed E-state index contributed by atoms with van der Waals surface area (Å²) in [4.78, 5) is 17.9. The van der Waals surface area contributed by atoms with E-state index in [4.69, 9.17) is 23.2 Å². The Labute approximate surface area is 166 Å². The molecule has 3 nitrogen and oxygen atoms in total. The van der Waals surface area contributed by atoms with E-state index in [1.54, 1.807) is 0 Å². The van der Waals surface area contributed by atoms with Crippen molar-refractivity contribution in [2.45, 2.75) is 19.3 Å². The first-order valence-electron chi connectivity index (χ1n) is 8.45. The third-order valence-corrected chi connectivity index (χ3v) is 6.24. The van der Waals surface area contributed by atoms with Gasteiger partial charge in [0.1, 0.15) is 0 Å². The molecule has 1 aliphatic rings. The summed E-state index contributed by atoms with van der Waals surface area (Å²) in [6, 6.07) is 15.2. The monoisotopic (exact) mass is 402 g/mol. The quantitative estimate of drug-likeness (QED) is 0.539. The fourth-order valence-corrected chi connectivity index (χ4v) is 4.45. The largest absolute Gasteiger partial charge is 0.302 e. The average Bonchev–Trinajstić information content (AvgIpc) is 2.97. The fourth-order valence-electron chi connectivity index (χ4n) is 2.92. The number of halogens is 2. The van der Waals surface area contributed by atoms with Gasteiger partial charge in [-0.15, -0.1) is 0 Å². The molecule has 132 valence electrons. The van der Waals surface area contributed by atoms with E-state index in [1.165, 1.54) is 11.3 Å².